The lowest BCUT2D eigenvalue weighted by molar-refractivity contribution is -0.172. The van der Waals surface area contributed by atoms with E-state index in [1.807, 2.05) is 31.3 Å². The monoisotopic (exact) mass is 598 g/mol. The van der Waals surface area contributed by atoms with Gasteiger partial charge in [0.25, 0.3) is 5.56 Å². The normalized spacial score (nSPS) is 19.6. The van der Waals surface area contributed by atoms with Crippen LogP contribution in [0.2, 0.25) is 0 Å². The number of aromatic nitrogens is 2. The number of carbonyl (C=O) groups excluding carboxylic acids is 2. The molecule has 0 radical (unpaired) electrons. The highest BCUT2D eigenvalue weighted by Gasteiger charge is 2.46. The van der Waals surface area contributed by atoms with Crippen molar-refractivity contribution in [1.29, 1.82) is 0 Å². The molecule has 4 aromatic rings. The molecule has 0 bridgehead atoms. The average molecular weight is 599 g/mol. The summed E-state index contributed by atoms with van der Waals surface area (Å²) in [6, 6.07) is 10.1. The smallest absolute Gasteiger partial charge is 0.407 e. The Morgan fingerprint density at radius 1 is 1.20 bits per heavy atom. The van der Waals surface area contributed by atoms with Gasteiger partial charge in [-0.1, -0.05) is 19.1 Å². The number of cyclic esters (lactones) is 1. The van der Waals surface area contributed by atoms with E-state index in [0.717, 1.165) is 33.3 Å². The third kappa shape index (κ3) is 4.10. The van der Waals surface area contributed by atoms with Crippen LogP contribution in [0.25, 0.3) is 22.3 Å². The number of ether oxygens (including phenoxy) is 2. The minimum Gasteiger partial charge on any atom is -0.458 e. The number of fused-ring (bicyclic) bond motifs is 5. The predicted octanol–water partition coefficient (Wildman–Crippen LogP) is 4.48. The molecule has 7 rings (SSSR count). The van der Waals surface area contributed by atoms with E-state index < -0.39 is 29.3 Å². The Hall–Kier alpha value is -4.77. The first-order valence-electron chi connectivity index (χ1n) is 14.7. The lowest BCUT2D eigenvalue weighted by Gasteiger charge is -2.31. The number of aryl methyl sites for hydroxylation is 1. The van der Waals surface area contributed by atoms with Gasteiger partial charge in [0, 0.05) is 35.3 Å². The van der Waals surface area contributed by atoms with Gasteiger partial charge in [0.15, 0.2) is 5.60 Å². The molecule has 1 unspecified atom stereocenters. The van der Waals surface area contributed by atoms with Crippen LogP contribution in [-0.4, -0.2) is 33.8 Å². The van der Waals surface area contributed by atoms with Gasteiger partial charge in [0.2, 0.25) is 0 Å². The molecule has 2 aromatic carbocycles. The summed E-state index contributed by atoms with van der Waals surface area (Å²) in [4.78, 5) is 44.3. The molecule has 11 heteroatoms. The molecule has 2 atom stereocenters. The number of rotatable bonds is 5. The van der Waals surface area contributed by atoms with E-state index in [0.29, 0.717) is 35.3 Å². The van der Waals surface area contributed by atoms with Crippen LogP contribution >= 0.6 is 0 Å². The van der Waals surface area contributed by atoms with Crippen LogP contribution in [-0.2, 0) is 46.0 Å². The van der Waals surface area contributed by atoms with Gasteiger partial charge in [-0.25, -0.2) is 19.0 Å². The molecule has 2 aliphatic heterocycles. The molecule has 0 saturated carbocycles. The highest BCUT2D eigenvalue weighted by Crippen LogP contribution is 2.46. The molecule has 10 nitrogen and oxygen atoms in total. The number of carbonyl (C=O) groups is 2. The Kier molecular flexibility index (Phi) is 6.47. The van der Waals surface area contributed by atoms with E-state index in [-0.39, 0.29) is 43.1 Å². The fourth-order valence-corrected chi connectivity index (χ4v) is 6.80. The van der Waals surface area contributed by atoms with Crippen LogP contribution in [0.3, 0.4) is 0 Å². The fraction of sp³-hybridized carbons (Fsp3) is 0.333. The zero-order valence-corrected chi connectivity index (χ0v) is 24.5. The van der Waals surface area contributed by atoms with Gasteiger partial charge in [-0.15, -0.1) is 0 Å². The van der Waals surface area contributed by atoms with Crippen molar-refractivity contribution < 1.29 is 28.6 Å². The molecule has 0 spiro atoms. The third-order valence-corrected chi connectivity index (χ3v) is 9.28. The quantitative estimate of drug-likeness (QED) is 0.253. The van der Waals surface area contributed by atoms with Crippen molar-refractivity contribution in [2.75, 3.05) is 12.4 Å². The van der Waals surface area contributed by atoms with E-state index in [4.69, 9.17) is 14.5 Å². The molecular formula is C33H31FN4O6. The van der Waals surface area contributed by atoms with Crippen LogP contribution in [0.1, 0.15) is 64.8 Å². The topological polar surface area (TPSA) is 132 Å². The Morgan fingerprint density at radius 2 is 1.98 bits per heavy atom. The van der Waals surface area contributed by atoms with Gasteiger partial charge in [0.1, 0.15) is 19.0 Å². The van der Waals surface area contributed by atoms with E-state index in [2.05, 4.69) is 10.6 Å². The van der Waals surface area contributed by atoms with Crippen molar-refractivity contribution in [3.8, 4) is 11.4 Å². The maximum atomic E-state index is 15.1. The summed E-state index contributed by atoms with van der Waals surface area (Å²) in [7, 11) is 1.83. The molecule has 0 fully saturated rings. The second kappa shape index (κ2) is 10.2. The first kappa shape index (κ1) is 28.0. The molecular weight excluding hydrogens is 567 g/mol. The number of hydrogen-bond acceptors (Lipinski definition) is 8. The largest absolute Gasteiger partial charge is 0.458 e. The number of benzene rings is 2. The SMILES string of the molecule is CC[C@@]1(O)C(=O)OCc2c1cc1n(c2=O)Cc2c-1nc1cc(F)c(C)c3c1c2C(NC(=O)OCc1ccc(NC)cc1)CC3. The van der Waals surface area contributed by atoms with Crippen molar-refractivity contribution in [3.05, 3.63) is 91.5 Å². The number of pyridine rings is 2. The van der Waals surface area contributed by atoms with Gasteiger partial charge in [0.05, 0.1) is 35.1 Å². The number of hydrogen-bond donors (Lipinski definition) is 3. The van der Waals surface area contributed by atoms with Crippen LogP contribution in [0, 0.1) is 12.7 Å². The number of amides is 1. The average Bonchev–Trinajstić information content (AvgIpc) is 3.40. The number of nitrogens with zero attached hydrogens (tertiary/aromatic N) is 2. The lowest BCUT2D eigenvalue weighted by atomic mass is 9.81. The van der Waals surface area contributed by atoms with Crippen molar-refractivity contribution >= 4 is 28.7 Å². The standard InChI is InChI=1S/C33H31FN4O6/c1-4-33(42)22-11-26-29-20(13-38(26)30(39)21(22)15-43-31(33)40)28-24(10-9-19-16(2)23(34)12-25(36-29)27(19)28)37-32(41)44-14-17-5-7-18(35-3)8-6-17/h5-8,11-12,24,35,42H,4,9-10,13-15H2,1-3H3,(H,37,41)/t24?,33-/m0/s1. The van der Waals surface area contributed by atoms with E-state index in [1.165, 1.54) is 6.07 Å². The molecule has 1 amide bonds. The zero-order chi connectivity index (χ0) is 30.9. The Labute approximate surface area is 251 Å². The van der Waals surface area contributed by atoms with Crippen molar-refractivity contribution in [2.45, 2.75) is 64.5 Å². The van der Waals surface area contributed by atoms with E-state index in [9.17, 15) is 19.5 Å². The van der Waals surface area contributed by atoms with Crippen LogP contribution in [0.15, 0.2) is 41.2 Å². The predicted molar refractivity (Wildman–Crippen MR) is 160 cm³/mol. The second-order valence-corrected chi connectivity index (χ2v) is 11.6. The van der Waals surface area contributed by atoms with Crippen LogP contribution in [0.4, 0.5) is 14.9 Å². The molecule has 1 aliphatic carbocycles. The molecule has 226 valence electrons. The van der Waals surface area contributed by atoms with Crippen molar-refractivity contribution in [2.24, 2.45) is 0 Å². The first-order chi connectivity index (χ1) is 21.1. The summed E-state index contributed by atoms with van der Waals surface area (Å²) in [5.74, 6) is -1.19. The summed E-state index contributed by atoms with van der Waals surface area (Å²) >= 11 is 0. The van der Waals surface area contributed by atoms with Crippen LogP contribution in [0.5, 0.6) is 0 Å². The molecule has 4 heterocycles. The lowest BCUT2D eigenvalue weighted by Crippen LogP contribution is -2.44. The van der Waals surface area contributed by atoms with Gasteiger partial charge < -0.3 is 29.8 Å². The molecule has 3 aliphatic rings. The summed E-state index contributed by atoms with van der Waals surface area (Å²) in [6.07, 6.45) is 0.440. The van der Waals surface area contributed by atoms with E-state index in [1.54, 1.807) is 24.5 Å². The molecule has 2 aromatic heterocycles. The fourth-order valence-electron chi connectivity index (χ4n) is 6.80. The third-order valence-electron chi connectivity index (χ3n) is 9.28. The van der Waals surface area contributed by atoms with Gasteiger partial charge in [-0.3, -0.25) is 4.79 Å². The number of alkyl carbamates (subject to hydrolysis) is 1. The van der Waals surface area contributed by atoms with Crippen molar-refractivity contribution in [1.82, 2.24) is 14.9 Å². The zero-order valence-electron chi connectivity index (χ0n) is 24.5. The number of anilines is 1. The Morgan fingerprint density at radius 3 is 2.70 bits per heavy atom. The van der Waals surface area contributed by atoms with Gasteiger partial charge in [-0.2, -0.15) is 0 Å². The number of nitrogens with one attached hydrogen (secondary N) is 2. The minimum absolute atomic E-state index is 0.0204. The van der Waals surface area contributed by atoms with Gasteiger partial charge in [-0.05, 0) is 66.6 Å². The minimum atomic E-state index is -1.96. The summed E-state index contributed by atoms with van der Waals surface area (Å²) in [5, 5.41) is 18.1. The number of esters is 1. The van der Waals surface area contributed by atoms with Crippen molar-refractivity contribution in [3.63, 3.8) is 0 Å². The highest BCUT2D eigenvalue weighted by atomic mass is 19.1. The maximum Gasteiger partial charge on any atom is 0.407 e. The summed E-state index contributed by atoms with van der Waals surface area (Å²) in [6.45, 7) is 3.38. The first-order valence-corrected chi connectivity index (χ1v) is 14.7. The number of aliphatic hydroxyl groups is 1. The van der Waals surface area contributed by atoms with Crippen LogP contribution < -0.4 is 16.2 Å². The highest BCUT2D eigenvalue weighted by molar-refractivity contribution is 5.93. The van der Waals surface area contributed by atoms with Gasteiger partial charge >= 0.3 is 12.1 Å². The molecule has 44 heavy (non-hydrogen) atoms. The second-order valence-electron chi connectivity index (χ2n) is 11.6. The maximum absolute atomic E-state index is 15.1. The molecule has 0 saturated heterocycles. The number of halogens is 1. The van der Waals surface area contributed by atoms with E-state index >= 15 is 4.39 Å². The molecule has 3 N–H and O–H groups in total. The summed E-state index contributed by atoms with van der Waals surface area (Å²) < 4.78 is 27.4. The summed E-state index contributed by atoms with van der Waals surface area (Å²) in [5.41, 5.74) is 3.96. The Balaban J connectivity index is 1.32. The Bertz CT molecular complexity index is 1950.